The lowest BCUT2D eigenvalue weighted by Crippen LogP contribution is -2.62. The third kappa shape index (κ3) is 5.44. The minimum atomic E-state index is -0.430. The van der Waals surface area contributed by atoms with E-state index in [1.54, 1.807) is 12.4 Å². The van der Waals surface area contributed by atoms with Gasteiger partial charge in [-0.05, 0) is 122 Å². The average Bonchev–Trinajstić information content (AvgIpc) is 3.37. The predicted molar refractivity (Wildman–Crippen MR) is 165 cm³/mol. The Bertz CT molecular complexity index is 1270. The Morgan fingerprint density at radius 3 is 2.33 bits per heavy atom. The van der Waals surface area contributed by atoms with Gasteiger partial charge >= 0.3 is 0 Å². The fourth-order valence-corrected chi connectivity index (χ4v) is 10.1. The van der Waals surface area contributed by atoms with Crippen molar-refractivity contribution in [3.63, 3.8) is 0 Å². The van der Waals surface area contributed by atoms with Crippen molar-refractivity contribution in [2.75, 3.05) is 0 Å². The number of carbonyl (C=O) groups is 1. The second kappa shape index (κ2) is 12.0. The number of fused-ring (bicyclic) bond motifs is 5. The van der Waals surface area contributed by atoms with Crippen molar-refractivity contribution in [1.82, 2.24) is 15.4 Å². The molecule has 4 N–H and O–H groups in total. The van der Waals surface area contributed by atoms with E-state index in [-0.39, 0.29) is 58.5 Å². The summed E-state index contributed by atoms with van der Waals surface area (Å²) < 4.78 is 0. The SMILES string of the molecule is C[C@H](CCC(=O)NN=C(c1ccccn1)c1ccccn1)[C@H]1CC[C@H]2[C@@H]3[C@H](O)C[C@@H]4C[C@H](O)CC[C@]4(C)[C@H]3C[C@H](O)[C@]12C. The van der Waals surface area contributed by atoms with Crippen LogP contribution in [0.3, 0.4) is 0 Å². The maximum atomic E-state index is 13.0. The number of hydrogen-bond acceptors (Lipinski definition) is 7. The number of nitrogens with zero attached hydrogens (tertiary/aromatic N) is 3. The van der Waals surface area contributed by atoms with E-state index in [1.165, 1.54) is 0 Å². The molecule has 43 heavy (non-hydrogen) atoms. The molecule has 2 aromatic heterocycles. The lowest BCUT2D eigenvalue weighted by atomic mass is 9.43. The van der Waals surface area contributed by atoms with E-state index in [9.17, 15) is 20.1 Å². The van der Waals surface area contributed by atoms with E-state index in [4.69, 9.17) is 0 Å². The topological polar surface area (TPSA) is 128 Å². The van der Waals surface area contributed by atoms with E-state index in [1.807, 2.05) is 36.4 Å². The number of rotatable bonds is 7. The van der Waals surface area contributed by atoms with Crippen LogP contribution in [0.15, 0.2) is 53.9 Å². The molecule has 11 atom stereocenters. The van der Waals surface area contributed by atoms with Gasteiger partial charge in [0.15, 0.2) is 0 Å². The zero-order valence-electron chi connectivity index (χ0n) is 25.8. The number of hydrogen-bond donors (Lipinski definition) is 4. The van der Waals surface area contributed by atoms with Crippen LogP contribution in [-0.4, -0.2) is 55.2 Å². The first-order valence-electron chi connectivity index (χ1n) is 16.4. The van der Waals surface area contributed by atoms with Crippen molar-refractivity contribution >= 4 is 11.6 Å². The molecule has 0 radical (unpaired) electrons. The summed E-state index contributed by atoms with van der Waals surface area (Å²) in [5.41, 5.74) is 4.33. The van der Waals surface area contributed by atoms with Gasteiger partial charge in [-0.3, -0.25) is 14.8 Å². The van der Waals surface area contributed by atoms with Gasteiger partial charge in [-0.25, -0.2) is 5.43 Å². The summed E-state index contributed by atoms with van der Waals surface area (Å²) in [5.74, 6) is 1.44. The van der Waals surface area contributed by atoms with Crippen LogP contribution in [0.4, 0.5) is 0 Å². The van der Waals surface area contributed by atoms with Crippen LogP contribution in [0.25, 0.3) is 0 Å². The van der Waals surface area contributed by atoms with E-state index in [0.717, 1.165) is 44.9 Å². The first kappa shape index (κ1) is 30.4. The van der Waals surface area contributed by atoms with Gasteiger partial charge in [0.2, 0.25) is 5.91 Å². The molecule has 0 aliphatic heterocycles. The Morgan fingerprint density at radius 1 is 0.977 bits per heavy atom. The molecule has 0 saturated heterocycles. The van der Waals surface area contributed by atoms with Crippen LogP contribution >= 0.6 is 0 Å². The van der Waals surface area contributed by atoms with Crippen LogP contribution < -0.4 is 5.43 Å². The summed E-state index contributed by atoms with van der Waals surface area (Å²) in [6.45, 7) is 6.85. The molecule has 4 aliphatic rings. The molecular weight excluding hydrogens is 540 g/mol. The normalized spacial score (nSPS) is 39.1. The van der Waals surface area contributed by atoms with Gasteiger partial charge in [-0.15, -0.1) is 0 Å². The number of carbonyl (C=O) groups excluding carboxylic acids is 1. The molecule has 0 aromatic carbocycles. The minimum absolute atomic E-state index is 0.0666. The van der Waals surface area contributed by atoms with E-state index in [2.05, 4.69) is 41.3 Å². The number of aliphatic hydroxyl groups excluding tert-OH is 3. The van der Waals surface area contributed by atoms with Crippen LogP contribution in [-0.2, 0) is 4.79 Å². The molecule has 4 saturated carbocycles. The number of aromatic nitrogens is 2. The zero-order chi connectivity index (χ0) is 30.4. The molecular formula is C35H48N4O4. The van der Waals surface area contributed by atoms with Crippen molar-refractivity contribution in [2.24, 2.45) is 51.4 Å². The number of pyridine rings is 2. The molecule has 6 rings (SSSR count). The van der Waals surface area contributed by atoms with Crippen LogP contribution in [0.5, 0.6) is 0 Å². The van der Waals surface area contributed by atoms with Crippen LogP contribution in [0.2, 0.25) is 0 Å². The summed E-state index contributed by atoms with van der Waals surface area (Å²) in [6, 6.07) is 11.1. The molecule has 2 heterocycles. The standard InChI is InChI=1S/C35H48N4O4/c1-21(10-13-31(43)38-39-33(27-8-4-6-16-36-27)28-9-5-7-17-37-28)24-11-12-25-32-26(20-30(42)35(24,25)3)34(2)15-14-23(40)18-22(34)19-29(32)41/h4-9,16-17,21-26,29-30,32,40-42H,10-15,18-20H2,1-3H3,(H,38,43)/t21-,22+,23-,24-,25+,26+,29-,30+,32+,34+,35-/m1/s1. The molecule has 0 bridgehead atoms. The van der Waals surface area contributed by atoms with Gasteiger partial charge in [0.05, 0.1) is 29.7 Å². The fraction of sp³-hybridized carbons (Fsp3) is 0.657. The van der Waals surface area contributed by atoms with Crippen molar-refractivity contribution in [1.29, 1.82) is 0 Å². The van der Waals surface area contributed by atoms with Crippen LogP contribution in [0.1, 0.15) is 89.9 Å². The number of amides is 1. The summed E-state index contributed by atoms with van der Waals surface area (Å²) in [7, 11) is 0. The van der Waals surface area contributed by atoms with Gasteiger partial charge in [0, 0.05) is 18.8 Å². The first-order valence-corrected chi connectivity index (χ1v) is 16.4. The second-order valence-corrected chi connectivity index (χ2v) is 14.5. The Labute approximate surface area is 255 Å². The van der Waals surface area contributed by atoms with E-state index in [0.29, 0.717) is 35.9 Å². The van der Waals surface area contributed by atoms with Crippen molar-refractivity contribution in [3.05, 3.63) is 60.2 Å². The minimum Gasteiger partial charge on any atom is -0.393 e. The van der Waals surface area contributed by atoms with Crippen molar-refractivity contribution < 1.29 is 20.1 Å². The zero-order valence-corrected chi connectivity index (χ0v) is 25.8. The smallest absolute Gasteiger partial charge is 0.240 e. The number of nitrogens with one attached hydrogen (secondary N) is 1. The quantitative estimate of drug-likeness (QED) is 0.274. The molecule has 0 unspecified atom stereocenters. The molecule has 232 valence electrons. The highest BCUT2D eigenvalue weighted by Crippen LogP contribution is 2.68. The Kier molecular flexibility index (Phi) is 8.48. The average molecular weight is 589 g/mol. The van der Waals surface area contributed by atoms with Crippen LogP contribution in [0, 0.1) is 46.3 Å². The van der Waals surface area contributed by atoms with E-state index >= 15 is 0 Å². The highest BCUT2D eigenvalue weighted by atomic mass is 16.3. The molecule has 8 nitrogen and oxygen atoms in total. The predicted octanol–water partition coefficient (Wildman–Crippen LogP) is 4.72. The Balaban J connectivity index is 1.13. The third-order valence-corrected chi connectivity index (χ3v) is 12.5. The highest BCUT2D eigenvalue weighted by Gasteiger charge is 2.65. The maximum absolute atomic E-state index is 13.0. The molecule has 4 fully saturated rings. The van der Waals surface area contributed by atoms with Gasteiger partial charge in [-0.1, -0.05) is 32.9 Å². The Hall–Kier alpha value is -2.68. The second-order valence-electron chi connectivity index (χ2n) is 14.5. The number of hydrazone groups is 1. The van der Waals surface area contributed by atoms with E-state index < -0.39 is 6.10 Å². The van der Waals surface area contributed by atoms with Crippen molar-refractivity contribution in [3.8, 4) is 0 Å². The van der Waals surface area contributed by atoms with Gasteiger partial charge in [0.1, 0.15) is 5.71 Å². The summed E-state index contributed by atoms with van der Waals surface area (Å²) in [5, 5.41) is 38.2. The first-order chi connectivity index (χ1) is 20.6. The summed E-state index contributed by atoms with van der Waals surface area (Å²) in [6.07, 6.45) is 9.43. The molecule has 1 amide bonds. The molecule has 4 aliphatic carbocycles. The molecule has 2 aromatic rings. The largest absolute Gasteiger partial charge is 0.393 e. The van der Waals surface area contributed by atoms with Gasteiger partial charge < -0.3 is 15.3 Å². The summed E-state index contributed by atoms with van der Waals surface area (Å²) in [4.78, 5) is 21.8. The monoisotopic (exact) mass is 588 g/mol. The van der Waals surface area contributed by atoms with Crippen molar-refractivity contribution in [2.45, 2.75) is 96.9 Å². The molecule has 0 spiro atoms. The Morgan fingerprint density at radius 2 is 1.67 bits per heavy atom. The lowest BCUT2D eigenvalue weighted by Gasteiger charge is -2.63. The highest BCUT2D eigenvalue weighted by molar-refractivity contribution is 6.10. The van der Waals surface area contributed by atoms with Gasteiger partial charge in [-0.2, -0.15) is 5.10 Å². The fourth-order valence-electron chi connectivity index (χ4n) is 10.1. The number of aliphatic hydroxyl groups is 3. The van der Waals surface area contributed by atoms with Gasteiger partial charge in [0.25, 0.3) is 0 Å². The lowest BCUT2D eigenvalue weighted by molar-refractivity contribution is -0.207. The molecule has 8 heteroatoms. The maximum Gasteiger partial charge on any atom is 0.240 e. The summed E-state index contributed by atoms with van der Waals surface area (Å²) >= 11 is 0. The third-order valence-electron chi connectivity index (χ3n) is 12.5.